The van der Waals surface area contributed by atoms with Crippen LogP contribution < -0.4 is 30.5 Å². The number of aromatic nitrogens is 6. The number of piperidine rings is 2. The zero-order valence-electron chi connectivity index (χ0n) is 46.7. The normalized spacial score (nSPS) is 24.4. The third-order valence-electron chi connectivity index (χ3n) is 17.7. The molecule has 20 nitrogen and oxygen atoms in total. The molecule has 5 N–H and O–H groups in total. The number of likely N-dealkylation sites (tertiary alicyclic amines) is 2. The first-order valence-electron chi connectivity index (χ1n) is 29.1. The fraction of sp³-hybridized carbons (Fsp3) is 0.533. The van der Waals surface area contributed by atoms with Gasteiger partial charge in [0.1, 0.15) is 23.8 Å². The van der Waals surface area contributed by atoms with E-state index in [0.717, 1.165) is 130 Å². The van der Waals surface area contributed by atoms with Crippen LogP contribution in [0.4, 0.5) is 23.0 Å². The number of phenolic OH excluding ortho intramolecular Hbond substituents is 1. The Hall–Kier alpha value is -6.94. The van der Waals surface area contributed by atoms with Crippen LogP contribution in [0.1, 0.15) is 108 Å². The van der Waals surface area contributed by atoms with Crippen molar-refractivity contribution in [3.63, 3.8) is 0 Å². The molecule has 1 unspecified atom stereocenters. The van der Waals surface area contributed by atoms with E-state index in [9.17, 15) is 19.8 Å². The Balaban J connectivity index is 0.564. The number of aromatic hydroxyl groups is 1. The largest absolute Gasteiger partial charge is 0.507 e. The van der Waals surface area contributed by atoms with Crippen molar-refractivity contribution in [3.8, 4) is 33.5 Å². The zero-order chi connectivity index (χ0) is 55.9. The number of anilines is 4. The molecule has 10 heterocycles. The molecule has 6 atom stereocenters. The lowest BCUT2D eigenvalue weighted by atomic mass is 9.81. The van der Waals surface area contributed by atoms with Crippen molar-refractivity contribution >= 4 is 46.2 Å². The van der Waals surface area contributed by atoms with Crippen LogP contribution in [-0.4, -0.2) is 157 Å². The summed E-state index contributed by atoms with van der Waals surface area (Å²) in [6.45, 7) is 14.2. The number of β-amino-alcohol motifs (C(OH)–C–C–N with tert-alkyl or cyclic N) is 1. The SMILES string of the molecule is Cc1ncsc1-c1ccc([C@H](C)NC(=O)[C@@H]2C[C@@H](O)CN2C(=O)[C@H](c2cc(N3CCC(OC4CCN(CC5CC(Oc6cc(N7C8CC[C@@H]7CN(c7cc(-c9ccccc9O)nnc7N)C8)ccn6)C5)CC4)CC3)no2)C(C)C)cn1. The summed E-state index contributed by atoms with van der Waals surface area (Å²) in [5.41, 5.74) is 14.0. The minimum Gasteiger partial charge on any atom is -0.507 e. The number of aliphatic hydroxyl groups is 1. The van der Waals surface area contributed by atoms with Crippen molar-refractivity contribution in [1.82, 2.24) is 45.4 Å². The molecule has 1 aromatic carbocycles. The second-order valence-corrected chi connectivity index (χ2v) is 24.5. The van der Waals surface area contributed by atoms with Crippen molar-refractivity contribution in [1.29, 1.82) is 0 Å². The lowest BCUT2D eigenvalue weighted by Crippen LogP contribution is -2.54. The van der Waals surface area contributed by atoms with Crippen LogP contribution in [0.15, 0.2) is 83.1 Å². The van der Waals surface area contributed by atoms with Gasteiger partial charge in [-0.25, -0.2) is 9.97 Å². The monoisotopic (exact) mass is 1120 g/mol. The lowest BCUT2D eigenvalue weighted by molar-refractivity contribution is -0.141. The molecular formula is C60H75N13O7S. The quantitative estimate of drug-likeness (QED) is 0.0697. The third-order valence-corrected chi connectivity index (χ3v) is 18.7. The predicted octanol–water partition coefficient (Wildman–Crippen LogP) is 7.39. The van der Waals surface area contributed by atoms with E-state index in [2.05, 4.69) is 67.4 Å². The van der Waals surface area contributed by atoms with E-state index in [4.69, 9.17) is 19.7 Å². The van der Waals surface area contributed by atoms with Crippen LogP contribution in [0.25, 0.3) is 21.8 Å². The predicted molar refractivity (Wildman–Crippen MR) is 309 cm³/mol. The zero-order valence-corrected chi connectivity index (χ0v) is 47.5. The van der Waals surface area contributed by atoms with E-state index in [1.807, 2.05) is 70.3 Å². The molecule has 1 saturated carbocycles. The molecular weight excluding hydrogens is 1050 g/mol. The highest BCUT2D eigenvalue weighted by Crippen LogP contribution is 2.41. The van der Waals surface area contributed by atoms with E-state index in [1.165, 1.54) is 16.2 Å². The first-order chi connectivity index (χ1) is 39.3. The van der Waals surface area contributed by atoms with Gasteiger partial charge in [0.25, 0.3) is 0 Å². The van der Waals surface area contributed by atoms with Crippen LogP contribution in [0.5, 0.6) is 11.6 Å². The molecule has 5 aliphatic heterocycles. The Kier molecular flexibility index (Phi) is 15.9. The summed E-state index contributed by atoms with van der Waals surface area (Å²) in [7, 11) is 0. The third kappa shape index (κ3) is 11.8. The average Bonchev–Trinajstić information content (AvgIpc) is 4.28. The van der Waals surface area contributed by atoms with Gasteiger partial charge in [0.2, 0.25) is 17.7 Å². The summed E-state index contributed by atoms with van der Waals surface area (Å²) in [5, 5.41) is 37.4. The number of aryl methyl sites for hydroxylation is 1. The number of rotatable bonds is 17. The standard InChI is InChI=1S/C60H75N13O7S/c1-35(2)56(60(77)72-33-43(74)26-51(72)59(76)65-36(3)39-9-12-48(63-29-39)57-37(4)64-34-81-57)53-28-54(68-80-53)70-21-16-45(17-22-70)78-44-14-19-69(20-15-44)30-38-23-46(24-38)79-55-25-40(13-18-62-55)73-41-10-11-42(73)32-71(31-41)50-27-49(66-67-58(50)61)47-7-5-6-8-52(47)75/h5-9,12-13,18,25,27-29,34-36,38,41-46,51,56,74-75H,10-11,14-17,19-24,26,30-33H2,1-4H3,(H2,61,67)(H,65,76)/t36-,38?,41+,42?,43+,46?,51-,56-/m0/s1. The van der Waals surface area contributed by atoms with Gasteiger partial charge in [0, 0.05) is 107 Å². The van der Waals surface area contributed by atoms with Crippen LogP contribution in [0.3, 0.4) is 0 Å². The summed E-state index contributed by atoms with van der Waals surface area (Å²) in [4.78, 5) is 54.0. The number of pyridine rings is 2. The summed E-state index contributed by atoms with van der Waals surface area (Å²) in [5.74, 6) is 1.62. The molecule has 0 radical (unpaired) electrons. The van der Waals surface area contributed by atoms with Crippen molar-refractivity contribution in [2.24, 2.45) is 11.8 Å². The number of ether oxygens (including phenoxy) is 2. The fourth-order valence-corrected chi connectivity index (χ4v) is 14.1. The smallest absolute Gasteiger partial charge is 0.243 e. The number of carbonyl (C=O) groups excluding carboxylic acids is 2. The molecule has 21 heteroatoms. The number of nitrogen functional groups attached to an aromatic ring is 1. The van der Waals surface area contributed by atoms with Gasteiger partial charge in [-0.3, -0.25) is 14.6 Å². The van der Waals surface area contributed by atoms with Gasteiger partial charge in [-0.15, -0.1) is 21.5 Å². The number of piperazine rings is 1. The number of hydrogen-bond acceptors (Lipinski definition) is 19. The number of hydrogen-bond donors (Lipinski definition) is 4. The van der Waals surface area contributed by atoms with Crippen LogP contribution >= 0.6 is 11.3 Å². The van der Waals surface area contributed by atoms with E-state index >= 15 is 0 Å². The van der Waals surface area contributed by atoms with E-state index in [1.54, 1.807) is 23.8 Å². The van der Waals surface area contributed by atoms with Gasteiger partial charge in [0.15, 0.2) is 17.4 Å². The van der Waals surface area contributed by atoms with Crippen molar-refractivity contribution in [3.05, 3.63) is 95.6 Å². The van der Waals surface area contributed by atoms with Gasteiger partial charge >= 0.3 is 0 Å². The van der Waals surface area contributed by atoms with Crippen LogP contribution in [0.2, 0.25) is 0 Å². The number of fused-ring (bicyclic) bond motifs is 2. The van der Waals surface area contributed by atoms with Crippen molar-refractivity contribution in [2.75, 3.05) is 72.8 Å². The molecule has 2 amide bonds. The second kappa shape index (κ2) is 23.5. The van der Waals surface area contributed by atoms with Gasteiger partial charge in [-0.2, -0.15) is 0 Å². The topological polar surface area (TPSA) is 238 Å². The molecule has 428 valence electrons. The van der Waals surface area contributed by atoms with Crippen LogP contribution in [-0.2, 0) is 14.3 Å². The fourth-order valence-electron chi connectivity index (χ4n) is 13.3. The Morgan fingerprint density at radius 1 is 0.840 bits per heavy atom. The number of aliphatic hydroxyl groups excluding tert-OH is 1. The summed E-state index contributed by atoms with van der Waals surface area (Å²) in [6.07, 6.45) is 11.6. The number of para-hydroxylation sites is 1. The van der Waals surface area contributed by atoms with Gasteiger partial charge in [-0.05, 0) is 113 Å². The molecule has 5 saturated heterocycles. The summed E-state index contributed by atoms with van der Waals surface area (Å²) >= 11 is 1.54. The Labute approximate surface area is 477 Å². The maximum absolute atomic E-state index is 14.4. The summed E-state index contributed by atoms with van der Waals surface area (Å²) < 4.78 is 19.2. The first-order valence-corrected chi connectivity index (χ1v) is 30.0. The van der Waals surface area contributed by atoms with E-state index in [0.29, 0.717) is 52.5 Å². The lowest BCUT2D eigenvalue weighted by Gasteiger charge is -2.43. The van der Waals surface area contributed by atoms with Crippen LogP contribution in [0, 0.1) is 18.8 Å². The number of benzene rings is 1. The summed E-state index contributed by atoms with van der Waals surface area (Å²) in [6, 6.07) is 18.5. The van der Waals surface area contributed by atoms with Gasteiger partial charge < -0.3 is 59.8 Å². The van der Waals surface area contributed by atoms with E-state index in [-0.39, 0.29) is 60.8 Å². The maximum atomic E-state index is 14.4. The molecule has 6 fully saturated rings. The van der Waals surface area contributed by atoms with Gasteiger partial charge in [-0.1, -0.05) is 37.2 Å². The molecule has 6 aromatic rings. The number of carbonyl (C=O) groups is 2. The highest BCUT2D eigenvalue weighted by molar-refractivity contribution is 7.13. The Bertz CT molecular complexity index is 3140. The molecule has 6 aliphatic rings. The molecule has 12 rings (SSSR count). The second-order valence-electron chi connectivity index (χ2n) is 23.6. The first kappa shape index (κ1) is 54.6. The Morgan fingerprint density at radius 2 is 1.59 bits per heavy atom. The molecule has 2 bridgehead atoms. The molecule has 81 heavy (non-hydrogen) atoms. The number of nitrogens with one attached hydrogen (secondary N) is 1. The minimum absolute atomic E-state index is 0.0665. The van der Waals surface area contributed by atoms with Crippen molar-refractivity contribution < 1.29 is 33.8 Å². The highest BCUT2D eigenvalue weighted by Gasteiger charge is 2.45. The number of phenols is 1. The molecule has 1 aliphatic carbocycles. The van der Waals surface area contributed by atoms with Gasteiger partial charge in [0.05, 0.1) is 57.5 Å². The van der Waals surface area contributed by atoms with Crippen molar-refractivity contribution in [2.45, 2.75) is 140 Å². The highest BCUT2D eigenvalue weighted by atomic mass is 32.1. The number of thiazole rings is 1. The number of nitrogens with two attached hydrogens (primary N) is 1. The number of amides is 2. The molecule has 5 aromatic heterocycles. The maximum Gasteiger partial charge on any atom is 0.243 e. The minimum atomic E-state index is -0.827. The average molecular weight is 1120 g/mol. The number of nitrogens with zero attached hydrogens (tertiary/aromatic N) is 11. The van der Waals surface area contributed by atoms with E-state index < -0.39 is 18.1 Å². The molecule has 0 spiro atoms. The Morgan fingerprint density at radius 3 is 2.30 bits per heavy atom.